The van der Waals surface area contributed by atoms with E-state index in [1.807, 2.05) is 0 Å². The summed E-state index contributed by atoms with van der Waals surface area (Å²) in [5.41, 5.74) is 5.14. The molecule has 0 aliphatic carbocycles. The lowest BCUT2D eigenvalue weighted by Crippen LogP contribution is -1.92. The Bertz CT molecular complexity index is 520. The van der Waals surface area contributed by atoms with Gasteiger partial charge in [0.15, 0.2) is 0 Å². The molecule has 1 atom stereocenters. The van der Waals surface area contributed by atoms with Crippen molar-refractivity contribution in [2.75, 3.05) is 0 Å². The molecule has 2 heteroatoms. The lowest BCUT2D eigenvalue weighted by Gasteiger charge is -2.10. The summed E-state index contributed by atoms with van der Waals surface area (Å²) in [6.45, 7) is 8.54. The van der Waals surface area contributed by atoms with Gasteiger partial charge in [-0.05, 0) is 56.0 Å². The highest BCUT2D eigenvalue weighted by molar-refractivity contribution is 7.12. The third-order valence-electron chi connectivity index (χ3n) is 3.26. The van der Waals surface area contributed by atoms with Crippen molar-refractivity contribution in [2.45, 2.75) is 33.1 Å². The maximum atomic E-state index is 6.55. The van der Waals surface area contributed by atoms with Gasteiger partial charge in [0.1, 0.15) is 0 Å². The van der Waals surface area contributed by atoms with Crippen LogP contribution < -0.4 is 0 Å². The Morgan fingerprint density at radius 3 is 2.18 bits per heavy atom. The fourth-order valence-electron chi connectivity index (χ4n) is 1.81. The first-order valence-electron chi connectivity index (χ1n) is 5.77. The lowest BCUT2D eigenvalue weighted by atomic mass is 10.0. The Labute approximate surface area is 112 Å². The third kappa shape index (κ3) is 2.56. The molecule has 0 fully saturated rings. The maximum Gasteiger partial charge on any atom is 0.0928 e. The van der Waals surface area contributed by atoms with Crippen LogP contribution in [-0.2, 0) is 0 Å². The van der Waals surface area contributed by atoms with Crippen LogP contribution in [0, 0.1) is 27.7 Å². The number of rotatable bonds is 2. The number of hydrogen-bond donors (Lipinski definition) is 0. The SMILES string of the molecule is Cc1ccc(C(Cl)c2cc(C)c(C)s2)cc1C. The Morgan fingerprint density at radius 1 is 0.941 bits per heavy atom. The molecule has 0 N–H and O–H groups in total. The van der Waals surface area contributed by atoms with E-state index in [0.29, 0.717) is 0 Å². The zero-order valence-electron chi connectivity index (χ0n) is 10.7. The topological polar surface area (TPSA) is 0 Å². The minimum absolute atomic E-state index is 0.0216. The van der Waals surface area contributed by atoms with E-state index in [-0.39, 0.29) is 5.38 Å². The Hall–Kier alpha value is -0.790. The van der Waals surface area contributed by atoms with Gasteiger partial charge in [0.25, 0.3) is 0 Å². The minimum Gasteiger partial charge on any atom is -0.143 e. The number of alkyl halides is 1. The van der Waals surface area contributed by atoms with Gasteiger partial charge in [0.2, 0.25) is 0 Å². The Morgan fingerprint density at radius 2 is 1.65 bits per heavy atom. The second-order valence-corrected chi connectivity index (χ2v) is 6.32. The van der Waals surface area contributed by atoms with Crippen LogP contribution in [0.1, 0.15) is 37.4 Å². The van der Waals surface area contributed by atoms with Crippen LogP contribution >= 0.6 is 22.9 Å². The van der Waals surface area contributed by atoms with Gasteiger partial charge < -0.3 is 0 Å². The van der Waals surface area contributed by atoms with E-state index in [4.69, 9.17) is 11.6 Å². The van der Waals surface area contributed by atoms with Gasteiger partial charge in [-0.25, -0.2) is 0 Å². The van der Waals surface area contributed by atoms with Crippen molar-refractivity contribution in [1.82, 2.24) is 0 Å². The van der Waals surface area contributed by atoms with Crippen LogP contribution in [0.25, 0.3) is 0 Å². The highest BCUT2D eigenvalue weighted by atomic mass is 35.5. The Kier molecular flexibility index (Phi) is 3.60. The van der Waals surface area contributed by atoms with Crippen molar-refractivity contribution in [3.63, 3.8) is 0 Å². The molecular weight excluding hydrogens is 248 g/mol. The van der Waals surface area contributed by atoms with Gasteiger partial charge in [-0.3, -0.25) is 0 Å². The summed E-state index contributed by atoms with van der Waals surface area (Å²) in [5, 5.41) is -0.0216. The second-order valence-electron chi connectivity index (χ2n) is 4.59. The fraction of sp³-hybridized carbons (Fsp3) is 0.333. The van der Waals surface area contributed by atoms with E-state index >= 15 is 0 Å². The van der Waals surface area contributed by atoms with Crippen LogP contribution in [-0.4, -0.2) is 0 Å². The summed E-state index contributed by atoms with van der Waals surface area (Å²) < 4.78 is 0. The molecule has 0 nitrogen and oxygen atoms in total. The molecular formula is C15H17ClS. The minimum atomic E-state index is -0.0216. The monoisotopic (exact) mass is 264 g/mol. The highest BCUT2D eigenvalue weighted by Gasteiger charge is 2.14. The van der Waals surface area contributed by atoms with Crippen LogP contribution in [0.3, 0.4) is 0 Å². The maximum absolute atomic E-state index is 6.55. The normalized spacial score (nSPS) is 12.8. The first-order valence-corrected chi connectivity index (χ1v) is 7.02. The number of benzene rings is 1. The van der Waals surface area contributed by atoms with Crippen molar-refractivity contribution >= 4 is 22.9 Å². The van der Waals surface area contributed by atoms with E-state index in [2.05, 4.69) is 52.0 Å². The first kappa shape index (κ1) is 12.7. The van der Waals surface area contributed by atoms with Crippen LogP contribution in [0.15, 0.2) is 24.3 Å². The average molecular weight is 265 g/mol. The zero-order chi connectivity index (χ0) is 12.6. The molecule has 0 aliphatic heterocycles. The van der Waals surface area contributed by atoms with Crippen LogP contribution in [0.2, 0.25) is 0 Å². The van der Waals surface area contributed by atoms with Crippen molar-refractivity contribution in [3.05, 3.63) is 56.3 Å². The number of thiophene rings is 1. The van der Waals surface area contributed by atoms with E-state index in [1.54, 1.807) is 11.3 Å². The molecule has 1 aromatic heterocycles. The van der Waals surface area contributed by atoms with E-state index in [1.165, 1.54) is 32.0 Å². The molecule has 0 saturated heterocycles. The van der Waals surface area contributed by atoms with Gasteiger partial charge in [0.05, 0.1) is 5.38 Å². The predicted molar refractivity (Wildman–Crippen MR) is 77.4 cm³/mol. The third-order valence-corrected chi connectivity index (χ3v) is 5.09. The number of hydrogen-bond acceptors (Lipinski definition) is 1. The standard InChI is InChI=1S/C15H17ClS/c1-9-5-6-13(7-10(9)2)15(16)14-8-11(3)12(4)17-14/h5-8,15H,1-4H3. The number of aryl methyl sites for hydroxylation is 4. The molecule has 1 heterocycles. The van der Waals surface area contributed by atoms with Gasteiger partial charge in [-0.1, -0.05) is 18.2 Å². The van der Waals surface area contributed by atoms with Gasteiger partial charge in [-0.2, -0.15) is 0 Å². The molecule has 17 heavy (non-hydrogen) atoms. The largest absolute Gasteiger partial charge is 0.143 e. The van der Waals surface area contributed by atoms with E-state index < -0.39 is 0 Å². The number of halogens is 1. The quantitative estimate of drug-likeness (QED) is 0.645. The smallest absolute Gasteiger partial charge is 0.0928 e. The van der Waals surface area contributed by atoms with Crippen molar-refractivity contribution in [2.24, 2.45) is 0 Å². The van der Waals surface area contributed by atoms with Crippen LogP contribution in [0.5, 0.6) is 0 Å². The van der Waals surface area contributed by atoms with Crippen molar-refractivity contribution in [3.8, 4) is 0 Å². The van der Waals surface area contributed by atoms with Gasteiger partial charge >= 0.3 is 0 Å². The summed E-state index contributed by atoms with van der Waals surface area (Å²) >= 11 is 8.35. The lowest BCUT2D eigenvalue weighted by molar-refractivity contribution is 1.16. The second kappa shape index (κ2) is 4.83. The summed E-state index contributed by atoms with van der Waals surface area (Å²) in [6.07, 6.45) is 0. The molecule has 2 rings (SSSR count). The van der Waals surface area contributed by atoms with Gasteiger partial charge in [0, 0.05) is 9.75 Å². The molecule has 1 unspecified atom stereocenters. The van der Waals surface area contributed by atoms with Gasteiger partial charge in [-0.15, -0.1) is 22.9 Å². The molecule has 0 radical (unpaired) electrons. The highest BCUT2D eigenvalue weighted by Crippen LogP contribution is 2.35. The summed E-state index contributed by atoms with van der Waals surface area (Å²) in [7, 11) is 0. The van der Waals surface area contributed by atoms with E-state index in [9.17, 15) is 0 Å². The molecule has 2 aromatic rings. The van der Waals surface area contributed by atoms with E-state index in [0.717, 1.165) is 0 Å². The average Bonchev–Trinajstić information content (AvgIpc) is 2.62. The fourth-order valence-corrected chi connectivity index (χ4v) is 3.19. The molecule has 1 aromatic carbocycles. The zero-order valence-corrected chi connectivity index (χ0v) is 12.2. The predicted octanol–water partition coefficient (Wildman–Crippen LogP) is 5.31. The summed E-state index contributed by atoms with van der Waals surface area (Å²) in [5.74, 6) is 0. The van der Waals surface area contributed by atoms with Crippen molar-refractivity contribution < 1.29 is 0 Å². The van der Waals surface area contributed by atoms with Crippen molar-refractivity contribution in [1.29, 1.82) is 0 Å². The summed E-state index contributed by atoms with van der Waals surface area (Å²) in [4.78, 5) is 2.60. The molecule has 0 amide bonds. The molecule has 0 aliphatic rings. The first-order chi connectivity index (χ1) is 7.99. The molecule has 0 bridgehead atoms. The molecule has 0 saturated carbocycles. The summed E-state index contributed by atoms with van der Waals surface area (Å²) in [6, 6.07) is 8.67. The van der Waals surface area contributed by atoms with Crippen LogP contribution in [0.4, 0.5) is 0 Å². The Balaban J connectivity index is 2.36. The molecule has 90 valence electrons. The molecule has 0 spiro atoms.